The van der Waals surface area contributed by atoms with E-state index in [4.69, 9.17) is 4.74 Å². The minimum absolute atomic E-state index is 0.0744. The summed E-state index contributed by atoms with van der Waals surface area (Å²) in [5, 5.41) is 24.0. The Morgan fingerprint density at radius 3 is 1.09 bits per heavy atom. The van der Waals surface area contributed by atoms with Gasteiger partial charge >= 0.3 is 5.97 Å². The van der Waals surface area contributed by atoms with E-state index in [0.29, 0.717) is 19.3 Å². The summed E-state index contributed by atoms with van der Waals surface area (Å²) in [6.07, 6.45) is 70.7. The van der Waals surface area contributed by atoms with Gasteiger partial charge in [-0.3, -0.25) is 9.59 Å². The first kappa shape index (κ1) is 68.1. The third-order valence-corrected chi connectivity index (χ3v) is 14.5. The highest BCUT2D eigenvalue weighted by molar-refractivity contribution is 5.77. The number of ether oxygens (including phenoxy) is 1. The van der Waals surface area contributed by atoms with E-state index in [1.54, 1.807) is 0 Å². The van der Waals surface area contributed by atoms with Gasteiger partial charge in [-0.15, -0.1) is 0 Å². The second-order valence-electron chi connectivity index (χ2n) is 21.5. The van der Waals surface area contributed by atoms with E-state index < -0.39 is 18.2 Å². The summed E-state index contributed by atoms with van der Waals surface area (Å²) < 4.78 is 5.98. The third kappa shape index (κ3) is 52.4. The van der Waals surface area contributed by atoms with Crippen molar-refractivity contribution in [2.24, 2.45) is 0 Å². The molecule has 3 unspecified atom stereocenters. The molecule has 0 saturated heterocycles. The normalized spacial score (nSPS) is 13.3. The van der Waals surface area contributed by atoms with E-state index in [1.807, 2.05) is 0 Å². The molecule has 0 fully saturated rings. The van der Waals surface area contributed by atoms with Crippen LogP contribution in [0.4, 0.5) is 0 Å². The van der Waals surface area contributed by atoms with Crippen molar-refractivity contribution in [1.82, 2.24) is 5.32 Å². The monoisotopic (exact) mass is 984 g/mol. The summed E-state index contributed by atoms with van der Waals surface area (Å²) >= 11 is 0. The van der Waals surface area contributed by atoms with Gasteiger partial charge in [0, 0.05) is 6.42 Å². The average Bonchev–Trinajstić information content (AvgIpc) is 3.35. The first-order chi connectivity index (χ1) is 34.5. The van der Waals surface area contributed by atoms with Crippen molar-refractivity contribution in [3.8, 4) is 0 Å². The van der Waals surface area contributed by atoms with Crippen molar-refractivity contribution < 1.29 is 24.5 Å². The minimum atomic E-state index is -0.790. The van der Waals surface area contributed by atoms with Gasteiger partial charge < -0.3 is 20.3 Å². The van der Waals surface area contributed by atoms with E-state index in [-0.39, 0.29) is 24.9 Å². The van der Waals surface area contributed by atoms with Crippen LogP contribution in [0.1, 0.15) is 335 Å². The van der Waals surface area contributed by atoms with E-state index >= 15 is 0 Å². The van der Waals surface area contributed by atoms with E-state index in [9.17, 15) is 19.8 Å². The molecule has 0 aromatic heterocycles. The zero-order chi connectivity index (χ0) is 50.9. The van der Waals surface area contributed by atoms with Crippen molar-refractivity contribution in [2.75, 3.05) is 6.61 Å². The Bertz CT molecular complexity index is 1150. The fraction of sp³-hybridized carbons (Fsp3) is 0.875. The number of esters is 1. The Labute approximate surface area is 436 Å². The maximum Gasteiger partial charge on any atom is 0.306 e. The number of carbonyl (C=O) groups excluding carboxylic acids is 2. The molecule has 0 aromatic carbocycles. The van der Waals surface area contributed by atoms with Crippen LogP contribution in [-0.4, -0.2) is 46.9 Å². The number of unbranched alkanes of at least 4 members (excludes halogenated alkanes) is 41. The molecule has 0 saturated carbocycles. The van der Waals surface area contributed by atoms with Gasteiger partial charge in [-0.05, 0) is 51.4 Å². The number of rotatable bonds is 57. The summed E-state index contributed by atoms with van der Waals surface area (Å²) in [6.45, 7) is 6.52. The van der Waals surface area contributed by atoms with Crippen molar-refractivity contribution in [1.29, 1.82) is 0 Å². The van der Waals surface area contributed by atoms with Crippen LogP contribution in [0.5, 0.6) is 0 Å². The number of hydrogen-bond acceptors (Lipinski definition) is 5. The van der Waals surface area contributed by atoms with Crippen LogP contribution in [0, 0.1) is 0 Å². The zero-order valence-corrected chi connectivity index (χ0v) is 47.2. The Kier molecular flexibility index (Phi) is 56.4. The Morgan fingerprint density at radius 2 is 0.729 bits per heavy atom. The third-order valence-electron chi connectivity index (χ3n) is 14.5. The fourth-order valence-corrected chi connectivity index (χ4v) is 9.79. The van der Waals surface area contributed by atoms with Crippen LogP contribution in [0.15, 0.2) is 36.5 Å². The number of aliphatic hydroxyl groups excluding tert-OH is 2. The summed E-state index contributed by atoms with van der Waals surface area (Å²) in [5.74, 6) is -0.476. The highest BCUT2D eigenvalue weighted by atomic mass is 16.5. The molecule has 0 spiro atoms. The SMILES string of the molecule is CCCCCCC/C=C/C=C/C=C/CCCCCCCC(=O)OC(CCCCCCCCCCCCCCCCCCC)CC(=O)NC(CO)C(O)CCCCCCCCCCCCCCCCCC. The predicted octanol–water partition coefficient (Wildman–Crippen LogP) is 19.6. The van der Waals surface area contributed by atoms with E-state index in [1.165, 1.54) is 225 Å². The van der Waals surface area contributed by atoms with Crippen molar-refractivity contribution in [2.45, 2.75) is 354 Å². The molecule has 0 aliphatic rings. The lowest BCUT2D eigenvalue weighted by molar-refractivity contribution is -0.151. The quantitative estimate of drug-likeness (QED) is 0.0321. The van der Waals surface area contributed by atoms with Gasteiger partial charge in [-0.1, -0.05) is 308 Å². The van der Waals surface area contributed by atoms with Crippen LogP contribution in [0.25, 0.3) is 0 Å². The molecule has 0 aliphatic heterocycles. The molecule has 70 heavy (non-hydrogen) atoms. The number of nitrogens with one attached hydrogen (secondary N) is 1. The lowest BCUT2D eigenvalue weighted by Crippen LogP contribution is -2.46. The van der Waals surface area contributed by atoms with Gasteiger partial charge in [0.2, 0.25) is 5.91 Å². The number of amides is 1. The van der Waals surface area contributed by atoms with Gasteiger partial charge in [-0.2, -0.15) is 0 Å². The van der Waals surface area contributed by atoms with E-state index in [0.717, 1.165) is 64.2 Å². The first-order valence-corrected chi connectivity index (χ1v) is 31.2. The predicted molar refractivity (Wildman–Crippen MR) is 306 cm³/mol. The van der Waals surface area contributed by atoms with Crippen molar-refractivity contribution in [3.63, 3.8) is 0 Å². The van der Waals surface area contributed by atoms with Crippen LogP contribution >= 0.6 is 0 Å². The summed E-state index contributed by atoms with van der Waals surface area (Å²) in [7, 11) is 0. The van der Waals surface area contributed by atoms with Gasteiger partial charge in [-0.25, -0.2) is 0 Å². The van der Waals surface area contributed by atoms with E-state index in [2.05, 4.69) is 62.5 Å². The Morgan fingerprint density at radius 1 is 0.414 bits per heavy atom. The fourth-order valence-electron chi connectivity index (χ4n) is 9.79. The van der Waals surface area contributed by atoms with Crippen molar-refractivity contribution in [3.05, 3.63) is 36.5 Å². The largest absolute Gasteiger partial charge is 0.462 e. The molecule has 0 radical (unpaired) electrons. The number of hydrogen-bond donors (Lipinski definition) is 3. The zero-order valence-electron chi connectivity index (χ0n) is 47.2. The summed E-state index contributed by atoms with van der Waals surface area (Å²) in [5.41, 5.74) is 0. The number of allylic oxidation sites excluding steroid dienone is 6. The molecule has 3 N–H and O–H groups in total. The van der Waals surface area contributed by atoms with Crippen LogP contribution in [0.3, 0.4) is 0 Å². The topological polar surface area (TPSA) is 95.9 Å². The molecule has 6 nitrogen and oxygen atoms in total. The smallest absolute Gasteiger partial charge is 0.306 e. The molecule has 1 amide bonds. The van der Waals surface area contributed by atoms with Crippen LogP contribution in [0.2, 0.25) is 0 Å². The van der Waals surface area contributed by atoms with Gasteiger partial charge in [0.1, 0.15) is 6.10 Å². The average molecular weight is 985 g/mol. The molecule has 3 atom stereocenters. The Hall–Kier alpha value is -1.92. The molecule has 412 valence electrons. The second kappa shape index (κ2) is 58.0. The molecule has 0 heterocycles. The summed E-state index contributed by atoms with van der Waals surface area (Å²) in [6, 6.07) is -0.704. The molecule has 0 aromatic rings. The lowest BCUT2D eigenvalue weighted by atomic mass is 10.0. The van der Waals surface area contributed by atoms with Crippen LogP contribution in [-0.2, 0) is 14.3 Å². The molecule has 6 heteroatoms. The molecular weight excluding hydrogens is 863 g/mol. The number of carbonyl (C=O) groups is 2. The second-order valence-corrected chi connectivity index (χ2v) is 21.5. The van der Waals surface area contributed by atoms with Gasteiger partial charge in [0.25, 0.3) is 0 Å². The maximum absolute atomic E-state index is 13.3. The van der Waals surface area contributed by atoms with Crippen molar-refractivity contribution >= 4 is 11.9 Å². The lowest BCUT2D eigenvalue weighted by Gasteiger charge is -2.24. The molecule has 0 aliphatic carbocycles. The molecule has 0 rings (SSSR count). The number of aliphatic hydroxyl groups is 2. The highest BCUT2D eigenvalue weighted by Crippen LogP contribution is 2.19. The molecular formula is C64H121NO5. The van der Waals surface area contributed by atoms with Gasteiger partial charge in [0.05, 0.1) is 25.2 Å². The summed E-state index contributed by atoms with van der Waals surface area (Å²) in [4.78, 5) is 26.4. The minimum Gasteiger partial charge on any atom is -0.462 e. The highest BCUT2D eigenvalue weighted by Gasteiger charge is 2.24. The maximum atomic E-state index is 13.3. The molecule has 0 bridgehead atoms. The standard InChI is InChI=1S/C64H121NO5/c1-4-7-10-13-16-19-22-25-28-31-33-36-39-42-45-48-51-54-57-64(69)70-60(55-52-49-46-43-40-37-34-32-29-26-23-20-17-14-11-8-5-2)58-63(68)65-61(59-66)62(67)56-53-50-47-44-41-38-35-30-27-24-21-18-15-12-9-6-3/h22,25,28,31,33,36,60-62,66-67H,4-21,23-24,26-27,29-30,32,34-35,37-59H2,1-3H3,(H,65,68)/b25-22+,31-28+,36-33+. The Balaban J connectivity index is 4.55. The first-order valence-electron chi connectivity index (χ1n) is 31.2. The van der Waals surface area contributed by atoms with Gasteiger partial charge in [0.15, 0.2) is 0 Å². The van der Waals surface area contributed by atoms with Crippen LogP contribution < -0.4 is 5.32 Å².